The van der Waals surface area contributed by atoms with Crippen molar-refractivity contribution in [2.45, 2.75) is 4.90 Å². The molecule has 0 saturated carbocycles. The third-order valence-corrected chi connectivity index (χ3v) is 3.28. The monoisotopic (exact) mass is 240 g/mol. The van der Waals surface area contributed by atoms with Gasteiger partial charge in [0.15, 0.2) is 16.2 Å². The lowest BCUT2D eigenvalue weighted by molar-refractivity contribution is 0.564. The Balaban J connectivity index is 2.57. The van der Waals surface area contributed by atoms with Crippen LogP contribution in [0, 0.1) is 0 Å². The number of nitrogen functional groups attached to an aromatic ring is 1. The summed E-state index contributed by atoms with van der Waals surface area (Å²) >= 11 is -0.702. The largest absolute Gasteiger partial charge is 0.375 e. The first-order valence-corrected chi connectivity index (χ1v) is 6.08. The van der Waals surface area contributed by atoms with Crippen LogP contribution in [-0.2, 0) is 11.1 Å². The molecule has 6 heteroatoms. The van der Waals surface area contributed by atoms with Gasteiger partial charge in [0.1, 0.15) is 0 Å². The van der Waals surface area contributed by atoms with Gasteiger partial charge in [-0.05, 0) is 6.07 Å². The molecule has 0 aliphatic heterocycles. The number of hydrogen-bond donors (Lipinski definition) is 2. The van der Waals surface area contributed by atoms with Gasteiger partial charge < -0.3 is 10.3 Å². The summed E-state index contributed by atoms with van der Waals surface area (Å²) in [7, 11) is 0. The van der Waals surface area contributed by atoms with Crippen molar-refractivity contribution in [3.63, 3.8) is 0 Å². The molecule has 4 nitrogen and oxygen atoms in total. The van der Waals surface area contributed by atoms with Crippen LogP contribution in [0.1, 0.15) is 0 Å². The van der Waals surface area contributed by atoms with Gasteiger partial charge in [0, 0.05) is 10.9 Å². The Hall–Kier alpha value is -1.24. The number of benzene rings is 1. The number of nitrogens with zero attached hydrogens (tertiary/aromatic N) is 1. The predicted octanol–water partition coefficient (Wildman–Crippen LogP) is 1.97. The van der Waals surface area contributed by atoms with Gasteiger partial charge in [0.2, 0.25) is 0 Å². The van der Waals surface area contributed by atoms with Crippen LogP contribution in [0.2, 0.25) is 0 Å². The van der Waals surface area contributed by atoms with Gasteiger partial charge in [-0.25, -0.2) is 9.19 Å². The molecule has 2 rings (SSSR count). The molecule has 1 unspecified atom stereocenters. The zero-order valence-electron chi connectivity index (χ0n) is 7.58. The lowest BCUT2D eigenvalue weighted by atomic mass is 10.2. The highest BCUT2D eigenvalue weighted by Crippen LogP contribution is 2.27. The van der Waals surface area contributed by atoms with E-state index in [0.29, 0.717) is 21.3 Å². The Labute approximate surface area is 93.1 Å². The summed E-state index contributed by atoms with van der Waals surface area (Å²) in [5.41, 5.74) is 6.79. The van der Waals surface area contributed by atoms with Crippen LogP contribution in [0.3, 0.4) is 0 Å². The van der Waals surface area contributed by atoms with Crippen LogP contribution in [0.25, 0.3) is 11.3 Å². The van der Waals surface area contributed by atoms with E-state index in [1.165, 1.54) is 11.3 Å². The van der Waals surface area contributed by atoms with Crippen molar-refractivity contribution in [2.24, 2.45) is 0 Å². The van der Waals surface area contributed by atoms with E-state index in [2.05, 4.69) is 4.98 Å². The zero-order chi connectivity index (χ0) is 10.8. The van der Waals surface area contributed by atoms with E-state index < -0.39 is 11.1 Å². The molecule has 1 aromatic carbocycles. The van der Waals surface area contributed by atoms with Crippen molar-refractivity contribution in [2.75, 3.05) is 5.73 Å². The van der Waals surface area contributed by atoms with Gasteiger partial charge in [-0.3, -0.25) is 0 Å². The lowest BCUT2D eigenvalue weighted by Gasteiger charge is -2.01. The molecule has 1 atom stereocenters. The molecule has 2 aromatic rings. The minimum absolute atomic E-state index is 0.350. The van der Waals surface area contributed by atoms with Crippen LogP contribution in [0.15, 0.2) is 34.5 Å². The summed E-state index contributed by atoms with van der Waals surface area (Å²) in [6, 6.07) is 6.85. The van der Waals surface area contributed by atoms with Crippen molar-refractivity contribution in [3.05, 3.63) is 29.6 Å². The minimum atomic E-state index is -2.01. The second-order valence-electron chi connectivity index (χ2n) is 2.82. The second-order valence-corrected chi connectivity index (χ2v) is 4.64. The van der Waals surface area contributed by atoms with Gasteiger partial charge in [-0.15, -0.1) is 11.3 Å². The van der Waals surface area contributed by atoms with Crippen molar-refractivity contribution < 1.29 is 8.76 Å². The first-order chi connectivity index (χ1) is 7.18. The van der Waals surface area contributed by atoms with Crippen LogP contribution in [0.4, 0.5) is 5.13 Å². The quantitative estimate of drug-likeness (QED) is 0.787. The molecule has 0 fully saturated rings. The fourth-order valence-corrected chi connectivity index (χ4v) is 2.36. The molecule has 3 N–H and O–H groups in total. The Morgan fingerprint density at radius 1 is 1.40 bits per heavy atom. The molecular weight excluding hydrogens is 232 g/mol. The third kappa shape index (κ3) is 2.06. The number of anilines is 1. The molecule has 0 saturated heterocycles. The lowest BCUT2D eigenvalue weighted by Crippen LogP contribution is -1.92. The number of hydrogen-bond acceptors (Lipinski definition) is 4. The molecule has 15 heavy (non-hydrogen) atoms. The maximum absolute atomic E-state index is 11.1. The maximum Gasteiger partial charge on any atom is 0.187 e. The van der Waals surface area contributed by atoms with Crippen molar-refractivity contribution in [1.82, 2.24) is 4.98 Å². The van der Waals surface area contributed by atoms with E-state index in [9.17, 15) is 4.21 Å². The molecule has 0 bridgehead atoms. The SMILES string of the molecule is Nc1nc(-c2ccccc2S(=O)O)cs1. The second kappa shape index (κ2) is 4.09. The highest BCUT2D eigenvalue weighted by Gasteiger charge is 2.11. The molecule has 78 valence electrons. The van der Waals surface area contributed by atoms with Crippen molar-refractivity contribution in [3.8, 4) is 11.3 Å². The Morgan fingerprint density at radius 2 is 2.13 bits per heavy atom. The van der Waals surface area contributed by atoms with E-state index in [4.69, 9.17) is 10.3 Å². The first-order valence-electron chi connectivity index (χ1n) is 4.10. The number of thiazole rings is 1. The molecule has 0 spiro atoms. The Morgan fingerprint density at radius 3 is 2.73 bits per heavy atom. The van der Waals surface area contributed by atoms with E-state index in [0.717, 1.165) is 0 Å². The topological polar surface area (TPSA) is 76.2 Å². The minimum Gasteiger partial charge on any atom is -0.375 e. The third-order valence-electron chi connectivity index (χ3n) is 1.87. The fraction of sp³-hybridized carbons (Fsp3) is 0. The highest BCUT2D eigenvalue weighted by atomic mass is 32.2. The molecule has 0 radical (unpaired) electrons. The Bertz CT molecular complexity index is 510. The average molecular weight is 240 g/mol. The van der Waals surface area contributed by atoms with Crippen molar-refractivity contribution >= 4 is 27.5 Å². The van der Waals surface area contributed by atoms with Crippen LogP contribution in [-0.4, -0.2) is 13.7 Å². The van der Waals surface area contributed by atoms with Gasteiger partial charge in [-0.2, -0.15) is 0 Å². The van der Waals surface area contributed by atoms with Gasteiger partial charge >= 0.3 is 0 Å². The molecule has 0 aliphatic carbocycles. The number of aromatic nitrogens is 1. The zero-order valence-corrected chi connectivity index (χ0v) is 9.22. The molecule has 1 heterocycles. The fourth-order valence-electron chi connectivity index (χ4n) is 1.24. The van der Waals surface area contributed by atoms with E-state index in [1.807, 2.05) is 0 Å². The molecule has 0 amide bonds. The van der Waals surface area contributed by atoms with E-state index >= 15 is 0 Å². The summed E-state index contributed by atoms with van der Waals surface area (Å²) in [4.78, 5) is 4.42. The molecule has 0 aliphatic rings. The molecular formula is C9H8N2O2S2. The van der Waals surface area contributed by atoms with Gasteiger partial charge in [0.25, 0.3) is 0 Å². The summed E-state index contributed by atoms with van der Waals surface area (Å²) in [6.07, 6.45) is 0. The van der Waals surface area contributed by atoms with Crippen molar-refractivity contribution in [1.29, 1.82) is 0 Å². The Kier molecular flexibility index (Phi) is 2.81. The van der Waals surface area contributed by atoms with Gasteiger partial charge in [0.05, 0.1) is 10.6 Å². The summed E-state index contributed by atoms with van der Waals surface area (Å²) < 4.78 is 20.1. The average Bonchev–Trinajstić information content (AvgIpc) is 2.65. The summed E-state index contributed by atoms with van der Waals surface area (Å²) in [5.74, 6) is 0. The van der Waals surface area contributed by atoms with E-state index in [1.54, 1.807) is 29.6 Å². The predicted molar refractivity (Wildman–Crippen MR) is 61.0 cm³/mol. The van der Waals surface area contributed by atoms with Crippen LogP contribution >= 0.6 is 11.3 Å². The van der Waals surface area contributed by atoms with Gasteiger partial charge in [-0.1, -0.05) is 18.2 Å². The standard InChI is InChI=1S/C9H8N2O2S2/c10-9-11-7(5-14-9)6-3-1-2-4-8(6)15(12)13/h1-5H,(H2,10,11)(H,12,13). The smallest absolute Gasteiger partial charge is 0.187 e. The van der Waals surface area contributed by atoms with Crippen LogP contribution in [0.5, 0.6) is 0 Å². The van der Waals surface area contributed by atoms with Crippen LogP contribution < -0.4 is 5.73 Å². The maximum atomic E-state index is 11.1. The summed E-state index contributed by atoms with van der Waals surface area (Å²) in [5, 5.41) is 2.21. The summed E-state index contributed by atoms with van der Waals surface area (Å²) in [6.45, 7) is 0. The molecule has 1 aromatic heterocycles. The number of nitrogens with two attached hydrogens (primary N) is 1. The normalized spacial score (nSPS) is 12.6. The first kappa shape index (κ1) is 10.3. The highest BCUT2D eigenvalue weighted by molar-refractivity contribution is 7.79. The number of rotatable bonds is 2. The van der Waals surface area contributed by atoms with E-state index in [-0.39, 0.29) is 0 Å².